The number of amidine groups is 1. The SMILES string of the molecule is Cn1c(/C=C2/SC(=Nc3ccccc3F)NC2=O)nc2ccccc21. The molecule has 2 heterocycles. The van der Waals surface area contributed by atoms with Crippen molar-refractivity contribution >= 4 is 45.6 Å². The third-order valence-electron chi connectivity index (χ3n) is 3.81. The molecular formula is C18H13FN4OS. The number of hydrogen-bond acceptors (Lipinski definition) is 4. The predicted molar refractivity (Wildman–Crippen MR) is 97.9 cm³/mol. The van der Waals surface area contributed by atoms with Crippen LogP contribution in [0.4, 0.5) is 10.1 Å². The molecule has 1 aliphatic rings. The Hall–Kier alpha value is -2.93. The van der Waals surface area contributed by atoms with Gasteiger partial charge in [-0.2, -0.15) is 0 Å². The summed E-state index contributed by atoms with van der Waals surface area (Å²) in [5.74, 6) is -0.0317. The molecule has 1 N–H and O–H groups in total. The molecule has 1 fully saturated rings. The average Bonchev–Trinajstić information content (AvgIpc) is 3.11. The van der Waals surface area contributed by atoms with Crippen LogP contribution in [-0.4, -0.2) is 20.6 Å². The molecule has 0 atom stereocenters. The van der Waals surface area contributed by atoms with Crippen LogP contribution in [0.3, 0.4) is 0 Å². The number of imidazole rings is 1. The number of fused-ring (bicyclic) bond motifs is 1. The van der Waals surface area contributed by atoms with E-state index in [4.69, 9.17) is 0 Å². The van der Waals surface area contributed by atoms with Crippen LogP contribution in [0.1, 0.15) is 5.82 Å². The lowest BCUT2D eigenvalue weighted by Gasteiger charge is -1.97. The lowest BCUT2D eigenvalue weighted by atomic mass is 10.3. The van der Waals surface area contributed by atoms with Crippen molar-refractivity contribution in [2.75, 3.05) is 0 Å². The number of nitrogens with one attached hydrogen (secondary N) is 1. The van der Waals surface area contributed by atoms with E-state index in [0.717, 1.165) is 11.0 Å². The number of carbonyl (C=O) groups is 1. The number of hydrogen-bond donors (Lipinski definition) is 1. The molecule has 2 aromatic carbocycles. The van der Waals surface area contributed by atoms with E-state index < -0.39 is 5.82 Å². The molecule has 1 amide bonds. The molecule has 124 valence electrons. The van der Waals surface area contributed by atoms with Gasteiger partial charge in [0.2, 0.25) is 0 Å². The molecule has 7 heteroatoms. The molecule has 0 spiro atoms. The van der Waals surface area contributed by atoms with Gasteiger partial charge in [0.1, 0.15) is 17.3 Å². The van der Waals surface area contributed by atoms with Gasteiger partial charge in [-0.15, -0.1) is 0 Å². The van der Waals surface area contributed by atoms with Crippen molar-refractivity contribution in [3.05, 3.63) is 65.1 Å². The first-order valence-corrected chi connectivity index (χ1v) is 8.39. The number of aromatic nitrogens is 2. The minimum absolute atomic E-state index is 0.189. The summed E-state index contributed by atoms with van der Waals surface area (Å²) in [5.41, 5.74) is 2.03. The molecule has 1 aromatic heterocycles. The van der Waals surface area contributed by atoms with Gasteiger partial charge in [0.15, 0.2) is 5.17 Å². The second-order valence-corrected chi connectivity index (χ2v) is 6.48. The lowest BCUT2D eigenvalue weighted by molar-refractivity contribution is -0.115. The zero-order valence-corrected chi connectivity index (χ0v) is 14.0. The number of rotatable bonds is 2. The lowest BCUT2D eigenvalue weighted by Crippen LogP contribution is -2.19. The van der Waals surface area contributed by atoms with E-state index in [1.54, 1.807) is 24.3 Å². The molecule has 3 aromatic rings. The number of amides is 1. The fourth-order valence-electron chi connectivity index (χ4n) is 2.54. The molecule has 0 radical (unpaired) electrons. The number of halogens is 1. The van der Waals surface area contributed by atoms with Crippen LogP contribution in [0.5, 0.6) is 0 Å². The summed E-state index contributed by atoms with van der Waals surface area (Å²) in [6, 6.07) is 13.9. The van der Waals surface area contributed by atoms with E-state index in [1.807, 2.05) is 35.9 Å². The maximum atomic E-state index is 13.7. The highest BCUT2D eigenvalue weighted by Crippen LogP contribution is 2.29. The van der Waals surface area contributed by atoms with E-state index >= 15 is 0 Å². The zero-order chi connectivity index (χ0) is 17.4. The molecule has 0 unspecified atom stereocenters. The smallest absolute Gasteiger partial charge is 0.264 e. The number of para-hydroxylation sites is 3. The highest BCUT2D eigenvalue weighted by Gasteiger charge is 2.25. The Balaban J connectivity index is 1.67. The van der Waals surface area contributed by atoms with Gasteiger partial charge in [0, 0.05) is 13.1 Å². The quantitative estimate of drug-likeness (QED) is 0.717. The summed E-state index contributed by atoms with van der Waals surface area (Å²) in [7, 11) is 1.90. The molecule has 25 heavy (non-hydrogen) atoms. The molecule has 1 saturated heterocycles. The van der Waals surface area contributed by atoms with Crippen molar-refractivity contribution < 1.29 is 9.18 Å². The number of aliphatic imine (C=N–C) groups is 1. The van der Waals surface area contributed by atoms with Crippen LogP contribution in [0.25, 0.3) is 17.1 Å². The minimum atomic E-state index is -0.433. The summed E-state index contributed by atoms with van der Waals surface area (Å²) in [5, 5.41) is 3.00. The van der Waals surface area contributed by atoms with Gasteiger partial charge in [-0.3, -0.25) is 4.79 Å². The van der Waals surface area contributed by atoms with Gasteiger partial charge >= 0.3 is 0 Å². The summed E-state index contributed by atoms with van der Waals surface area (Å²) in [6.45, 7) is 0. The van der Waals surface area contributed by atoms with Crippen molar-refractivity contribution in [2.24, 2.45) is 12.0 Å². The Morgan fingerprint density at radius 2 is 1.96 bits per heavy atom. The maximum Gasteiger partial charge on any atom is 0.264 e. The largest absolute Gasteiger partial charge is 0.328 e. The van der Waals surface area contributed by atoms with Crippen LogP contribution >= 0.6 is 11.8 Å². The summed E-state index contributed by atoms with van der Waals surface area (Å²) < 4.78 is 15.6. The van der Waals surface area contributed by atoms with Gasteiger partial charge in [-0.05, 0) is 36.0 Å². The van der Waals surface area contributed by atoms with E-state index in [9.17, 15) is 9.18 Å². The van der Waals surface area contributed by atoms with Gasteiger partial charge in [-0.25, -0.2) is 14.4 Å². The molecule has 5 nitrogen and oxygen atoms in total. The Labute approximate surface area is 147 Å². The van der Waals surface area contributed by atoms with Gasteiger partial charge in [-0.1, -0.05) is 24.3 Å². The van der Waals surface area contributed by atoms with E-state index in [0.29, 0.717) is 15.9 Å². The number of nitrogens with zero attached hydrogens (tertiary/aromatic N) is 3. The van der Waals surface area contributed by atoms with Crippen LogP contribution < -0.4 is 5.32 Å². The molecule has 4 rings (SSSR count). The fraction of sp³-hybridized carbons (Fsp3) is 0.0556. The molecule has 0 bridgehead atoms. The number of thioether (sulfide) groups is 1. The van der Waals surface area contributed by atoms with Crippen molar-refractivity contribution in [3.63, 3.8) is 0 Å². The zero-order valence-electron chi connectivity index (χ0n) is 13.2. The van der Waals surface area contributed by atoms with Crippen molar-refractivity contribution in [3.8, 4) is 0 Å². The number of benzene rings is 2. The van der Waals surface area contributed by atoms with Crippen molar-refractivity contribution in [2.45, 2.75) is 0 Å². The van der Waals surface area contributed by atoms with Gasteiger partial charge in [0.25, 0.3) is 5.91 Å². The first-order chi connectivity index (χ1) is 12.1. The third kappa shape index (κ3) is 2.94. The summed E-state index contributed by atoms with van der Waals surface area (Å²) in [6.07, 6.45) is 1.71. The highest BCUT2D eigenvalue weighted by atomic mass is 32.2. The second kappa shape index (κ2) is 6.18. The van der Waals surface area contributed by atoms with E-state index in [2.05, 4.69) is 15.3 Å². The minimum Gasteiger partial charge on any atom is -0.328 e. The van der Waals surface area contributed by atoms with Crippen molar-refractivity contribution in [1.29, 1.82) is 0 Å². The first kappa shape index (κ1) is 15.6. The monoisotopic (exact) mass is 352 g/mol. The number of aryl methyl sites for hydroxylation is 1. The Morgan fingerprint density at radius 1 is 1.20 bits per heavy atom. The fourth-order valence-corrected chi connectivity index (χ4v) is 3.35. The first-order valence-electron chi connectivity index (χ1n) is 7.57. The normalized spacial score (nSPS) is 17.6. The highest BCUT2D eigenvalue weighted by molar-refractivity contribution is 8.18. The van der Waals surface area contributed by atoms with E-state index in [-0.39, 0.29) is 11.6 Å². The standard InChI is InChI=1S/C18H13FN4OS/c1-23-14-9-5-4-8-13(14)20-16(23)10-15-17(24)22-18(25-15)21-12-7-3-2-6-11(12)19/h2-10H,1H3,(H,21,22,24)/b15-10+. The Bertz CT molecular complexity index is 1050. The van der Waals surface area contributed by atoms with Gasteiger partial charge < -0.3 is 9.88 Å². The molecule has 1 aliphatic heterocycles. The van der Waals surface area contributed by atoms with E-state index in [1.165, 1.54) is 17.8 Å². The molecule has 0 aliphatic carbocycles. The van der Waals surface area contributed by atoms with Crippen molar-refractivity contribution in [1.82, 2.24) is 14.9 Å². The Morgan fingerprint density at radius 3 is 2.76 bits per heavy atom. The third-order valence-corrected chi connectivity index (χ3v) is 4.72. The van der Waals surface area contributed by atoms with Crippen LogP contribution in [0, 0.1) is 5.82 Å². The summed E-state index contributed by atoms with van der Waals surface area (Å²) >= 11 is 1.17. The molecular weight excluding hydrogens is 339 g/mol. The topological polar surface area (TPSA) is 59.3 Å². The number of carbonyl (C=O) groups excluding carboxylic acids is 1. The second-order valence-electron chi connectivity index (χ2n) is 5.45. The average molecular weight is 352 g/mol. The van der Waals surface area contributed by atoms with Crippen LogP contribution in [-0.2, 0) is 11.8 Å². The van der Waals surface area contributed by atoms with Crippen LogP contribution in [0.15, 0.2) is 58.4 Å². The maximum absolute atomic E-state index is 13.7. The molecule has 0 saturated carbocycles. The Kier molecular flexibility index (Phi) is 3.85. The van der Waals surface area contributed by atoms with Gasteiger partial charge in [0.05, 0.1) is 15.9 Å². The van der Waals surface area contributed by atoms with Crippen LogP contribution in [0.2, 0.25) is 0 Å². The summed E-state index contributed by atoms with van der Waals surface area (Å²) in [4.78, 5) is 21.3. The predicted octanol–water partition coefficient (Wildman–Crippen LogP) is 3.60.